The number of rotatable bonds is 4. The minimum atomic E-state index is -0.138. The lowest BCUT2D eigenvalue weighted by atomic mass is 10.1. The maximum atomic E-state index is 10.5. The average Bonchev–Trinajstić information content (AvgIpc) is 2.18. The van der Waals surface area contributed by atoms with Crippen LogP contribution in [0.15, 0.2) is 35.4 Å². The van der Waals surface area contributed by atoms with Gasteiger partial charge in [-0.3, -0.25) is 4.79 Å². The number of aryl methyl sites for hydroxylation is 1. The van der Waals surface area contributed by atoms with Crippen LogP contribution in [-0.4, -0.2) is 12.1 Å². The molecule has 1 amide bonds. The fourth-order valence-electron chi connectivity index (χ4n) is 1.08. The summed E-state index contributed by atoms with van der Waals surface area (Å²) < 4.78 is 0. The lowest BCUT2D eigenvalue weighted by Crippen LogP contribution is -2.12. The number of carbonyl (C=O) groups excluding carboxylic acids is 1. The standard InChI is InChI=1S/C11H14N2O/c1-10(14)13-12-9-5-8-11-6-3-2-4-7-11/h2-4,6-7,9H,5,8H2,1H3,(H,13,14)/b12-9+. The van der Waals surface area contributed by atoms with Crippen LogP contribution in [0.4, 0.5) is 0 Å². The van der Waals surface area contributed by atoms with Crippen molar-refractivity contribution in [2.45, 2.75) is 19.8 Å². The smallest absolute Gasteiger partial charge is 0.236 e. The van der Waals surface area contributed by atoms with Crippen LogP contribution in [-0.2, 0) is 11.2 Å². The quantitative estimate of drug-likeness (QED) is 0.570. The molecule has 0 aliphatic carbocycles. The molecule has 74 valence electrons. The third kappa shape index (κ3) is 4.40. The molecule has 0 bridgehead atoms. The molecule has 14 heavy (non-hydrogen) atoms. The maximum Gasteiger partial charge on any atom is 0.236 e. The lowest BCUT2D eigenvalue weighted by Gasteiger charge is -1.96. The Morgan fingerprint density at radius 3 is 2.79 bits per heavy atom. The Labute approximate surface area is 83.8 Å². The highest BCUT2D eigenvalue weighted by Gasteiger charge is 1.88. The topological polar surface area (TPSA) is 41.5 Å². The van der Waals surface area contributed by atoms with Crippen molar-refractivity contribution < 1.29 is 4.79 Å². The molecule has 0 radical (unpaired) electrons. The molecule has 0 aromatic heterocycles. The number of hydrogen-bond donors (Lipinski definition) is 1. The summed E-state index contributed by atoms with van der Waals surface area (Å²) in [5.41, 5.74) is 3.64. The minimum absolute atomic E-state index is 0.138. The third-order valence-electron chi connectivity index (χ3n) is 1.72. The van der Waals surface area contributed by atoms with Crippen molar-refractivity contribution in [3.63, 3.8) is 0 Å². The van der Waals surface area contributed by atoms with Crippen molar-refractivity contribution in [2.75, 3.05) is 0 Å². The summed E-state index contributed by atoms with van der Waals surface area (Å²) in [5, 5.41) is 3.76. The number of carbonyl (C=O) groups is 1. The van der Waals surface area contributed by atoms with E-state index in [9.17, 15) is 4.79 Å². The van der Waals surface area contributed by atoms with E-state index in [0.717, 1.165) is 12.8 Å². The van der Waals surface area contributed by atoms with E-state index in [2.05, 4.69) is 22.7 Å². The molecule has 0 aliphatic heterocycles. The second kappa shape index (κ2) is 5.91. The molecule has 0 spiro atoms. The van der Waals surface area contributed by atoms with Crippen LogP contribution < -0.4 is 5.43 Å². The van der Waals surface area contributed by atoms with E-state index in [1.165, 1.54) is 12.5 Å². The van der Waals surface area contributed by atoms with Gasteiger partial charge in [0.2, 0.25) is 5.91 Å². The zero-order valence-corrected chi connectivity index (χ0v) is 8.23. The highest BCUT2D eigenvalue weighted by atomic mass is 16.2. The second-order valence-electron chi connectivity index (χ2n) is 3.00. The summed E-state index contributed by atoms with van der Waals surface area (Å²) in [6, 6.07) is 10.2. The van der Waals surface area contributed by atoms with Crippen molar-refractivity contribution in [2.24, 2.45) is 5.10 Å². The number of nitrogens with zero attached hydrogens (tertiary/aromatic N) is 1. The number of amides is 1. The predicted octanol–water partition coefficient (Wildman–Crippen LogP) is 1.74. The van der Waals surface area contributed by atoms with Gasteiger partial charge in [0.05, 0.1) is 0 Å². The third-order valence-corrected chi connectivity index (χ3v) is 1.72. The Hall–Kier alpha value is -1.64. The van der Waals surface area contributed by atoms with Gasteiger partial charge in [0.1, 0.15) is 0 Å². The van der Waals surface area contributed by atoms with Crippen LogP contribution >= 0.6 is 0 Å². The Balaban J connectivity index is 2.22. The first-order valence-electron chi connectivity index (χ1n) is 4.61. The number of hydrazone groups is 1. The fourth-order valence-corrected chi connectivity index (χ4v) is 1.08. The Morgan fingerprint density at radius 2 is 2.14 bits per heavy atom. The molecule has 1 rings (SSSR count). The van der Waals surface area contributed by atoms with Crippen molar-refractivity contribution in [3.05, 3.63) is 35.9 Å². The van der Waals surface area contributed by atoms with E-state index in [0.29, 0.717) is 0 Å². The van der Waals surface area contributed by atoms with Crippen molar-refractivity contribution in [1.82, 2.24) is 5.43 Å². The summed E-state index contributed by atoms with van der Waals surface area (Å²) in [5.74, 6) is -0.138. The van der Waals surface area contributed by atoms with Crippen LogP contribution in [0.5, 0.6) is 0 Å². The lowest BCUT2D eigenvalue weighted by molar-refractivity contribution is -0.118. The zero-order valence-electron chi connectivity index (χ0n) is 8.23. The normalized spacial score (nSPS) is 10.4. The van der Waals surface area contributed by atoms with Gasteiger partial charge in [-0.15, -0.1) is 0 Å². The summed E-state index contributed by atoms with van der Waals surface area (Å²) in [6.07, 6.45) is 3.50. The van der Waals surface area contributed by atoms with Gasteiger partial charge < -0.3 is 0 Å². The molecule has 1 aromatic carbocycles. The first-order chi connectivity index (χ1) is 6.79. The van der Waals surface area contributed by atoms with Crippen LogP contribution in [0.3, 0.4) is 0 Å². The first-order valence-corrected chi connectivity index (χ1v) is 4.61. The Bertz CT molecular complexity index is 306. The van der Waals surface area contributed by atoms with Crippen molar-refractivity contribution in [1.29, 1.82) is 0 Å². The predicted molar refractivity (Wildman–Crippen MR) is 57.1 cm³/mol. The highest BCUT2D eigenvalue weighted by Crippen LogP contribution is 2.00. The van der Waals surface area contributed by atoms with E-state index >= 15 is 0 Å². The summed E-state index contributed by atoms with van der Waals surface area (Å²) in [4.78, 5) is 10.5. The second-order valence-corrected chi connectivity index (χ2v) is 3.00. The van der Waals surface area contributed by atoms with Gasteiger partial charge in [-0.25, -0.2) is 5.43 Å². The van der Waals surface area contributed by atoms with Crippen LogP contribution in [0.1, 0.15) is 18.9 Å². The first kappa shape index (κ1) is 10.4. The molecular weight excluding hydrogens is 176 g/mol. The zero-order chi connectivity index (χ0) is 10.2. The van der Waals surface area contributed by atoms with E-state index < -0.39 is 0 Å². The van der Waals surface area contributed by atoms with Gasteiger partial charge in [-0.05, 0) is 18.4 Å². The van der Waals surface area contributed by atoms with E-state index in [1.807, 2.05) is 18.2 Å². The molecule has 0 fully saturated rings. The van der Waals surface area contributed by atoms with Gasteiger partial charge in [0.15, 0.2) is 0 Å². The SMILES string of the molecule is CC(=O)N/N=C/CCc1ccccc1. The molecule has 1 N–H and O–H groups in total. The maximum absolute atomic E-state index is 10.5. The van der Waals surface area contributed by atoms with E-state index in [4.69, 9.17) is 0 Å². The van der Waals surface area contributed by atoms with Gasteiger partial charge in [-0.1, -0.05) is 30.3 Å². The molecule has 0 atom stereocenters. The van der Waals surface area contributed by atoms with Crippen molar-refractivity contribution in [3.8, 4) is 0 Å². The summed E-state index contributed by atoms with van der Waals surface area (Å²) in [7, 11) is 0. The Morgan fingerprint density at radius 1 is 1.43 bits per heavy atom. The van der Waals surface area contributed by atoms with Crippen LogP contribution in [0, 0.1) is 0 Å². The van der Waals surface area contributed by atoms with Gasteiger partial charge in [0.25, 0.3) is 0 Å². The Kier molecular flexibility index (Phi) is 4.41. The number of nitrogens with one attached hydrogen (secondary N) is 1. The molecule has 0 saturated heterocycles. The van der Waals surface area contributed by atoms with E-state index in [1.54, 1.807) is 6.21 Å². The molecule has 0 aliphatic rings. The average molecular weight is 190 g/mol. The number of hydrogen-bond acceptors (Lipinski definition) is 2. The van der Waals surface area contributed by atoms with Crippen molar-refractivity contribution >= 4 is 12.1 Å². The van der Waals surface area contributed by atoms with Gasteiger partial charge in [-0.2, -0.15) is 5.10 Å². The summed E-state index contributed by atoms with van der Waals surface area (Å²) in [6.45, 7) is 1.44. The molecule has 0 unspecified atom stereocenters. The molecule has 3 nitrogen and oxygen atoms in total. The molecule has 1 aromatic rings. The summed E-state index contributed by atoms with van der Waals surface area (Å²) >= 11 is 0. The van der Waals surface area contributed by atoms with Crippen LogP contribution in [0.25, 0.3) is 0 Å². The van der Waals surface area contributed by atoms with Crippen LogP contribution in [0.2, 0.25) is 0 Å². The minimum Gasteiger partial charge on any atom is -0.274 e. The fraction of sp³-hybridized carbons (Fsp3) is 0.273. The molecular formula is C11H14N2O. The molecule has 0 heterocycles. The number of benzene rings is 1. The molecule has 0 saturated carbocycles. The van der Waals surface area contributed by atoms with E-state index in [-0.39, 0.29) is 5.91 Å². The largest absolute Gasteiger partial charge is 0.274 e. The van der Waals surface area contributed by atoms with Gasteiger partial charge in [0, 0.05) is 13.1 Å². The molecule has 3 heteroatoms. The highest BCUT2D eigenvalue weighted by molar-refractivity contribution is 5.73. The van der Waals surface area contributed by atoms with Gasteiger partial charge >= 0.3 is 0 Å². The monoisotopic (exact) mass is 190 g/mol.